The molecular weight excluding hydrogens is 206 g/mol. The molecule has 0 saturated carbocycles. The Balaban J connectivity index is 2.74. The van der Waals surface area contributed by atoms with Crippen LogP contribution in [0.1, 0.15) is 27.2 Å². The van der Waals surface area contributed by atoms with Crippen LogP contribution in [0.2, 0.25) is 0 Å². The van der Waals surface area contributed by atoms with Crippen molar-refractivity contribution in [2.75, 3.05) is 26.2 Å². The molecule has 1 aliphatic rings. The second-order valence-corrected chi connectivity index (χ2v) is 4.81. The van der Waals surface area contributed by atoms with Crippen LogP contribution in [0.5, 0.6) is 0 Å². The van der Waals surface area contributed by atoms with Crippen molar-refractivity contribution in [3.8, 4) is 0 Å². The zero-order valence-corrected chi connectivity index (χ0v) is 10.3. The van der Waals surface area contributed by atoms with Crippen LogP contribution in [0.3, 0.4) is 0 Å². The summed E-state index contributed by atoms with van der Waals surface area (Å²) in [6.07, 6.45) is 0.874. The Hall–Kier alpha value is -1.10. The van der Waals surface area contributed by atoms with Crippen LogP contribution in [0.15, 0.2) is 0 Å². The Bertz CT molecular complexity index is 289. The number of rotatable bonds is 4. The second-order valence-electron chi connectivity index (χ2n) is 4.81. The molecule has 92 valence electrons. The van der Waals surface area contributed by atoms with Gasteiger partial charge in [0.25, 0.3) is 0 Å². The van der Waals surface area contributed by atoms with E-state index in [1.807, 2.05) is 20.8 Å². The number of hydrogen-bond donors (Lipinski definition) is 1. The van der Waals surface area contributed by atoms with E-state index in [0.29, 0.717) is 13.1 Å². The van der Waals surface area contributed by atoms with Gasteiger partial charge in [0.2, 0.25) is 11.8 Å². The number of piperazine rings is 1. The van der Waals surface area contributed by atoms with Gasteiger partial charge in [-0.05, 0) is 20.3 Å². The molecule has 0 unspecified atom stereocenters. The molecule has 0 aromatic carbocycles. The van der Waals surface area contributed by atoms with Crippen LogP contribution in [-0.4, -0.2) is 53.3 Å². The minimum atomic E-state index is -0.439. The quantitative estimate of drug-likeness (QED) is 0.723. The van der Waals surface area contributed by atoms with E-state index in [4.69, 9.17) is 5.73 Å². The van der Waals surface area contributed by atoms with Crippen molar-refractivity contribution in [3.05, 3.63) is 0 Å². The maximum absolute atomic E-state index is 11.9. The van der Waals surface area contributed by atoms with E-state index in [-0.39, 0.29) is 24.9 Å². The van der Waals surface area contributed by atoms with Crippen molar-refractivity contribution in [1.29, 1.82) is 0 Å². The zero-order valence-electron chi connectivity index (χ0n) is 10.3. The first kappa shape index (κ1) is 13.0. The highest BCUT2D eigenvalue weighted by Gasteiger charge is 2.37. The molecular formula is C11H21N3O2. The summed E-state index contributed by atoms with van der Waals surface area (Å²) < 4.78 is 0. The Kier molecular flexibility index (Phi) is 3.91. The van der Waals surface area contributed by atoms with E-state index in [9.17, 15) is 9.59 Å². The van der Waals surface area contributed by atoms with Gasteiger partial charge in [-0.2, -0.15) is 0 Å². The second kappa shape index (κ2) is 4.82. The van der Waals surface area contributed by atoms with Gasteiger partial charge < -0.3 is 15.5 Å². The number of carbonyl (C=O) groups excluding carboxylic acids is 2. The van der Waals surface area contributed by atoms with E-state index < -0.39 is 5.54 Å². The monoisotopic (exact) mass is 227 g/mol. The smallest absolute Gasteiger partial charge is 0.243 e. The molecule has 0 bridgehead atoms. The Morgan fingerprint density at radius 3 is 2.38 bits per heavy atom. The van der Waals surface area contributed by atoms with Crippen molar-refractivity contribution >= 4 is 11.8 Å². The third kappa shape index (κ3) is 2.52. The average Bonchev–Trinajstić information content (AvgIpc) is 2.23. The summed E-state index contributed by atoms with van der Waals surface area (Å²) in [6, 6.07) is 0. The fraction of sp³-hybridized carbons (Fsp3) is 0.818. The fourth-order valence-corrected chi connectivity index (χ4v) is 1.80. The third-order valence-electron chi connectivity index (χ3n) is 3.00. The molecule has 0 aliphatic carbocycles. The minimum absolute atomic E-state index is 0.0106. The van der Waals surface area contributed by atoms with Gasteiger partial charge in [0, 0.05) is 13.1 Å². The molecule has 1 rings (SSSR count). The summed E-state index contributed by atoms with van der Waals surface area (Å²) in [5.74, 6) is 0.00600. The Labute approximate surface area is 96.6 Å². The van der Waals surface area contributed by atoms with E-state index in [2.05, 4.69) is 0 Å². The van der Waals surface area contributed by atoms with Gasteiger partial charge in [-0.15, -0.1) is 0 Å². The van der Waals surface area contributed by atoms with Crippen LogP contribution >= 0.6 is 0 Å². The number of amides is 2. The first-order chi connectivity index (χ1) is 7.42. The van der Waals surface area contributed by atoms with Crippen molar-refractivity contribution in [1.82, 2.24) is 9.80 Å². The molecule has 0 radical (unpaired) electrons. The van der Waals surface area contributed by atoms with Crippen molar-refractivity contribution in [2.24, 2.45) is 5.73 Å². The Morgan fingerprint density at radius 2 is 1.88 bits per heavy atom. The first-order valence-corrected chi connectivity index (χ1v) is 5.70. The van der Waals surface area contributed by atoms with E-state index >= 15 is 0 Å². The lowest BCUT2D eigenvalue weighted by atomic mass is 10.0. The molecule has 5 nitrogen and oxygen atoms in total. The van der Waals surface area contributed by atoms with Crippen molar-refractivity contribution in [3.63, 3.8) is 0 Å². The molecule has 0 aromatic heterocycles. The van der Waals surface area contributed by atoms with Gasteiger partial charge in [0.05, 0.1) is 12.1 Å². The lowest BCUT2D eigenvalue weighted by molar-refractivity contribution is -0.154. The molecule has 1 saturated heterocycles. The topological polar surface area (TPSA) is 66.6 Å². The summed E-state index contributed by atoms with van der Waals surface area (Å²) in [6.45, 7) is 7.12. The molecule has 1 aliphatic heterocycles. The SMILES string of the molecule is CCCN1CC(=O)N(C(C)(C)CN)CC1=O. The van der Waals surface area contributed by atoms with Crippen molar-refractivity contribution < 1.29 is 9.59 Å². The zero-order chi connectivity index (χ0) is 12.3. The highest BCUT2D eigenvalue weighted by molar-refractivity contribution is 5.93. The predicted octanol–water partition coefficient (Wildman–Crippen LogP) is -0.195. The summed E-state index contributed by atoms with van der Waals surface area (Å²) in [4.78, 5) is 26.9. The molecule has 1 fully saturated rings. The molecule has 2 amide bonds. The molecule has 2 N–H and O–H groups in total. The molecule has 5 heteroatoms. The third-order valence-corrected chi connectivity index (χ3v) is 3.00. The van der Waals surface area contributed by atoms with Crippen LogP contribution in [0.4, 0.5) is 0 Å². The lowest BCUT2D eigenvalue weighted by Gasteiger charge is -2.42. The molecule has 0 atom stereocenters. The maximum atomic E-state index is 11.9. The number of nitrogens with zero attached hydrogens (tertiary/aromatic N) is 2. The normalized spacial score (nSPS) is 18.2. The van der Waals surface area contributed by atoms with Gasteiger partial charge in [-0.25, -0.2) is 0 Å². The largest absolute Gasteiger partial charge is 0.332 e. The number of carbonyl (C=O) groups is 2. The van der Waals surface area contributed by atoms with Gasteiger partial charge in [0.1, 0.15) is 6.54 Å². The summed E-state index contributed by atoms with van der Waals surface area (Å²) >= 11 is 0. The van der Waals surface area contributed by atoms with Gasteiger partial charge in [0.15, 0.2) is 0 Å². The van der Waals surface area contributed by atoms with Gasteiger partial charge >= 0.3 is 0 Å². The summed E-state index contributed by atoms with van der Waals surface area (Å²) in [5, 5.41) is 0. The Morgan fingerprint density at radius 1 is 1.25 bits per heavy atom. The standard InChI is InChI=1S/C11H21N3O2/c1-4-5-13-6-10(16)14(7-9(13)15)11(2,3)8-12/h4-8,12H2,1-3H3. The molecule has 0 spiro atoms. The highest BCUT2D eigenvalue weighted by atomic mass is 16.2. The van der Waals surface area contributed by atoms with E-state index in [1.54, 1.807) is 9.80 Å². The lowest BCUT2D eigenvalue weighted by Crippen LogP contribution is -2.62. The van der Waals surface area contributed by atoms with Gasteiger partial charge in [-0.3, -0.25) is 9.59 Å². The average molecular weight is 227 g/mol. The summed E-state index contributed by atoms with van der Waals surface area (Å²) in [7, 11) is 0. The van der Waals surface area contributed by atoms with E-state index in [0.717, 1.165) is 6.42 Å². The number of nitrogens with two attached hydrogens (primary N) is 1. The van der Waals surface area contributed by atoms with Crippen LogP contribution in [0, 0.1) is 0 Å². The molecule has 16 heavy (non-hydrogen) atoms. The number of hydrogen-bond acceptors (Lipinski definition) is 3. The minimum Gasteiger partial charge on any atom is -0.332 e. The van der Waals surface area contributed by atoms with E-state index in [1.165, 1.54) is 0 Å². The van der Waals surface area contributed by atoms with Crippen LogP contribution in [-0.2, 0) is 9.59 Å². The fourth-order valence-electron chi connectivity index (χ4n) is 1.80. The van der Waals surface area contributed by atoms with Crippen LogP contribution in [0.25, 0.3) is 0 Å². The summed E-state index contributed by atoms with van der Waals surface area (Å²) in [5.41, 5.74) is 5.18. The molecule has 1 heterocycles. The van der Waals surface area contributed by atoms with Crippen LogP contribution < -0.4 is 5.73 Å². The highest BCUT2D eigenvalue weighted by Crippen LogP contribution is 2.17. The van der Waals surface area contributed by atoms with Gasteiger partial charge in [-0.1, -0.05) is 6.92 Å². The van der Waals surface area contributed by atoms with Crippen molar-refractivity contribution in [2.45, 2.75) is 32.7 Å². The first-order valence-electron chi connectivity index (χ1n) is 5.70. The molecule has 0 aromatic rings. The predicted molar refractivity (Wildman–Crippen MR) is 61.7 cm³/mol. The maximum Gasteiger partial charge on any atom is 0.243 e.